The monoisotopic (exact) mass is 281 g/mol. The van der Waals surface area contributed by atoms with Gasteiger partial charge in [-0.2, -0.15) is 0 Å². The molecular weight excluding hydrogens is 258 g/mol. The van der Waals surface area contributed by atoms with E-state index in [1.165, 1.54) is 11.3 Å². The summed E-state index contributed by atoms with van der Waals surface area (Å²) in [5.74, 6) is -1.25. The number of piperazine rings is 1. The number of imide groups is 1. The number of amides is 4. The molecule has 1 saturated heterocycles. The molecule has 0 aromatic carbocycles. The van der Waals surface area contributed by atoms with Gasteiger partial charge in [0.1, 0.15) is 0 Å². The highest BCUT2D eigenvalue weighted by Crippen LogP contribution is 2.22. The molecule has 1 aliphatic heterocycles. The average Bonchev–Trinajstić information content (AvgIpc) is 2.49. The second-order valence-corrected chi connectivity index (χ2v) is 5.53. The highest BCUT2D eigenvalue weighted by atomic mass is 16.2. The van der Waals surface area contributed by atoms with Gasteiger partial charge < -0.3 is 9.80 Å². The molecule has 2 fully saturated rings. The lowest BCUT2D eigenvalue weighted by Gasteiger charge is -2.37. The molecule has 1 aliphatic carbocycles. The van der Waals surface area contributed by atoms with E-state index in [1.807, 2.05) is 6.92 Å². The van der Waals surface area contributed by atoms with Crippen LogP contribution in [-0.2, 0) is 9.59 Å². The summed E-state index contributed by atoms with van der Waals surface area (Å²) in [7, 11) is 1.74. The zero-order valence-electron chi connectivity index (χ0n) is 12.3. The van der Waals surface area contributed by atoms with Crippen LogP contribution < -0.4 is 0 Å². The Morgan fingerprint density at radius 1 is 1.15 bits per heavy atom. The van der Waals surface area contributed by atoms with Crippen LogP contribution in [0.3, 0.4) is 0 Å². The van der Waals surface area contributed by atoms with E-state index in [0.717, 1.165) is 30.6 Å². The summed E-state index contributed by atoms with van der Waals surface area (Å²) in [6.07, 6.45) is 5.43. The maximum absolute atomic E-state index is 12.4. The normalized spacial score (nSPS) is 21.3. The van der Waals surface area contributed by atoms with Gasteiger partial charge in [-0.1, -0.05) is 19.3 Å². The molecule has 4 amide bonds. The van der Waals surface area contributed by atoms with Crippen molar-refractivity contribution in [1.82, 2.24) is 14.7 Å². The van der Waals surface area contributed by atoms with Crippen LogP contribution in [0.4, 0.5) is 4.79 Å². The first kappa shape index (κ1) is 14.8. The molecule has 6 nitrogen and oxygen atoms in total. The van der Waals surface area contributed by atoms with Crippen molar-refractivity contribution in [1.29, 1.82) is 0 Å². The highest BCUT2D eigenvalue weighted by molar-refractivity contribution is 6.38. The Balaban J connectivity index is 2.01. The summed E-state index contributed by atoms with van der Waals surface area (Å²) in [5, 5.41) is 0. The van der Waals surface area contributed by atoms with E-state index >= 15 is 0 Å². The van der Waals surface area contributed by atoms with Crippen molar-refractivity contribution >= 4 is 17.8 Å². The van der Waals surface area contributed by atoms with Crippen LogP contribution in [0.1, 0.15) is 39.0 Å². The lowest BCUT2D eigenvalue weighted by molar-refractivity contribution is -0.153. The first-order valence-corrected chi connectivity index (χ1v) is 7.43. The number of hydrogen-bond acceptors (Lipinski definition) is 3. The summed E-state index contributed by atoms with van der Waals surface area (Å²) in [6, 6.07) is -0.130. The number of urea groups is 1. The standard InChI is InChI=1S/C14H23N3O3/c1-3-16-9-10-17(13(19)12(16)18)14(20)15(2)11-7-5-4-6-8-11/h11H,3-10H2,1-2H3. The van der Waals surface area contributed by atoms with E-state index in [-0.39, 0.29) is 12.1 Å². The molecule has 1 saturated carbocycles. The number of hydrogen-bond donors (Lipinski definition) is 0. The zero-order valence-corrected chi connectivity index (χ0v) is 12.3. The van der Waals surface area contributed by atoms with E-state index in [1.54, 1.807) is 11.9 Å². The minimum atomic E-state index is -0.689. The molecule has 2 rings (SSSR count). The molecular formula is C14H23N3O3. The van der Waals surface area contributed by atoms with Gasteiger partial charge in [0.15, 0.2) is 0 Å². The van der Waals surface area contributed by atoms with Crippen LogP contribution in [0.25, 0.3) is 0 Å². The fourth-order valence-corrected chi connectivity index (χ4v) is 2.97. The van der Waals surface area contributed by atoms with E-state index in [9.17, 15) is 14.4 Å². The van der Waals surface area contributed by atoms with Crippen LogP contribution in [-0.4, -0.2) is 65.3 Å². The lowest BCUT2D eigenvalue weighted by atomic mass is 9.95. The molecule has 0 spiro atoms. The van der Waals surface area contributed by atoms with Gasteiger partial charge in [0, 0.05) is 32.7 Å². The summed E-state index contributed by atoms with van der Waals surface area (Å²) in [5.41, 5.74) is 0. The van der Waals surface area contributed by atoms with Crippen LogP contribution in [0.15, 0.2) is 0 Å². The second kappa shape index (κ2) is 6.24. The predicted molar refractivity (Wildman–Crippen MR) is 74.0 cm³/mol. The summed E-state index contributed by atoms with van der Waals surface area (Å²) in [4.78, 5) is 40.5. The quantitative estimate of drug-likeness (QED) is 0.711. The molecule has 0 aromatic heterocycles. The Hall–Kier alpha value is -1.59. The Labute approximate surface area is 119 Å². The van der Waals surface area contributed by atoms with Crippen molar-refractivity contribution in [2.24, 2.45) is 0 Å². The minimum absolute atomic E-state index is 0.198. The first-order valence-electron chi connectivity index (χ1n) is 7.43. The van der Waals surface area contributed by atoms with E-state index < -0.39 is 11.8 Å². The third-order valence-corrected chi connectivity index (χ3v) is 4.35. The third-order valence-electron chi connectivity index (χ3n) is 4.35. The van der Waals surface area contributed by atoms with E-state index in [2.05, 4.69) is 0 Å². The summed E-state index contributed by atoms with van der Waals surface area (Å²) >= 11 is 0. The largest absolute Gasteiger partial charge is 0.333 e. The van der Waals surface area contributed by atoms with Crippen LogP contribution in [0.5, 0.6) is 0 Å². The van der Waals surface area contributed by atoms with Crippen LogP contribution in [0, 0.1) is 0 Å². The topological polar surface area (TPSA) is 60.9 Å². The van der Waals surface area contributed by atoms with Gasteiger partial charge >= 0.3 is 17.8 Å². The van der Waals surface area contributed by atoms with Crippen molar-refractivity contribution in [3.63, 3.8) is 0 Å². The van der Waals surface area contributed by atoms with Gasteiger partial charge in [-0.3, -0.25) is 14.5 Å². The van der Waals surface area contributed by atoms with Crippen molar-refractivity contribution < 1.29 is 14.4 Å². The minimum Gasteiger partial charge on any atom is -0.333 e. The van der Waals surface area contributed by atoms with Crippen molar-refractivity contribution in [3.05, 3.63) is 0 Å². The molecule has 0 bridgehead atoms. The van der Waals surface area contributed by atoms with Crippen molar-refractivity contribution in [3.8, 4) is 0 Å². The molecule has 0 radical (unpaired) electrons. The van der Waals surface area contributed by atoms with Gasteiger partial charge in [-0.05, 0) is 19.8 Å². The smallest absolute Gasteiger partial charge is 0.327 e. The Morgan fingerprint density at radius 3 is 2.40 bits per heavy atom. The fourth-order valence-electron chi connectivity index (χ4n) is 2.97. The number of carbonyl (C=O) groups excluding carboxylic acids is 3. The Bertz CT molecular complexity index is 404. The molecule has 20 heavy (non-hydrogen) atoms. The van der Waals surface area contributed by atoms with Crippen LogP contribution in [0.2, 0.25) is 0 Å². The Morgan fingerprint density at radius 2 is 1.80 bits per heavy atom. The van der Waals surface area contributed by atoms with Gasteiger partial charge in [0.2, 0.25) is 0 Å². The van der Waals surface area contributed by atoms with Gasteiger partial charge in [-0.15, -0.1) is 0 Å². The number of likely N-dealkylation sites (N-methyl/N-ethyl adjacent to an activating group) is 1. The molecule has 6 heteroatoms. The lowest BCUT2D eigenvalue weighted by Crippen LogP contribution is -2.59. The fraction of sp³-hybridized carbons (Fsp3) is 0.786. The van der Waals surface area contributed by atoms with E-state index in [4.69, 9.17) is 0 Å². The zero-order chi connectivity index (χ0) is 14.7. The number of carbonyl (C=O) groups is 3. The molecule has 0 unspecified atom stereocenters. The molecule has 0 N–H and O–H groups in total. The average molecular weight is 281 g/mol. The molecule has 0 aromatic rings. The second-order valence-electron chi connectivity index (χ2n) is 5.53. The maximum Gasteiger partial charge on any atom is 0.327 e. The predicted octanol–water partition coefficient (Wildman–Crippen LogP) is 1.06. The molecule has 2 aliphatic rings. The SMILES string of the molecule is CCN1CCN(C(=O)N(C)C2CCCCC2)C(=O)C1=O. The van der Waals surface area contributed by atoms with Crippen molar-refractivity contribution in [2.45, 2.75) is 45.1 Å². The third kappa shape index (κ3) is 2.78. The van der Waals surface area contributed by atoms with E-state index in [0.29, 0.717) is 19.6 Å². The molecule has 1 heterocycles. The maximum atomic E-state index is 12.4. The number of rotatable bonds is 2. The van der Waals surface area contributed by atoms with Gasteiger partial charge in [-0.25, -0.2) is 4.79 Å². The number of nitrogens with zero attached hydrogens (tertiary/aromatic N) is 3. The van der Waals surface area contributed by atoms with Crippen molar-refractivity contribution in [2.75, 3.05) is 26.7 Å². The summed E-state index contributed by atoms with van der Waals surface area (Å²) < 4.78 is 0. The molecule has 112 valence electrons. The highest BCUT2D eigenvalue weighted by Gasteiger charge is 2.37. The molecule has 0 atom stereocenters. The first-order chi connectivity index (χ1) is 9.56. The summed E-state index contributed by atoms with van der Waals surface area (Å²) in [6.45, 7) is 3.07. The van der Waals surface area contributed by atoms with Crippen LogP contribution >= 0.6 is 0 Å². The van der Waals surface area contributed by atoms with Gasteiger partial charge in [0.25, 0.3) is 0 Å². The Kier molecular flexibility index (Phi) is 4.62. The van der Waals surface area contributed by atoms with Gasteiger partial charge in [0.05, 0.1) is 0 Å².